The highest BCUT2D eigenvalue weighted by atomic mass is 31.2. The molecular formula is C21H48N4O6P2. The summed E-state index contributed by atoms with van der Waals surface area (Å²) in [6, 6.07) is 0. The molecule has 0 aromatic carbocycles. The van der Waals surface area contributed by atoms with Crippen molar-refractivity contribution in [3.63, 3.8) is 0 Å². The van der Waals surface area contributed by atoms with Crippen LogP contribution in [-0.2, 0) is 14.2 Å². The van der Waals surface area contributed by atoms with Crippen molar-refractivity contribution in [3.8, 4) is 0 Å². The summed E-state index contributed by atoms with van der Waals surface area (Å²) >= 11 is 0. The van der Waals surface area contributed by atoms with Crippen LogP contribution in [0.1, 0.15) is 34.6 Å². The second-order valence-corrected chi connectivity index (χ2v) is 12.0. The lowest BCUT2D eigenvalue weighted by atomic mass is 10.3. The molecule has 198 valence electrons. The molecule has 0 aromatic heterocycles. The van der Waals surface area contributed by atoms with Gasteiger partial charge in [-0.05, 0) is 20.3 Å². The lowest BCUT2D eigenvalue weighted by molar-refractivity contribution is -0.138. The number of aliphatic carboxylic acids is 1. The average molecular weight is 515 g/mol. The van der Waals surface area contributed by atoms with E-state index in [4.69, 9.17) is 0 Å². The van der Waals surface area contributed by atoms with Crippen LogP contribution in [0.4, 0.5) is 0 Å². The first-order chi connectivity index (χ1) is 15.4. The molecular weight excluding hydrogens is 466 g/mol. The maximum atomic E-state index is 11.6. The summed E-state index contributed by atoms with van der Waals surface area (Å²) in [5, 5.41) is 9.21. The third kappa shape index (κ3) is 20.6. The average Bonchev–Trinajstić information content (AvgIpc) is 2.71. The van der Waals surface area contributed by atoms with Crippen molar-refractivity contribution in [2.75, 3.05) is 91.3 Å². The Hall–Kier alpha value is -0.440. The van der Waals surface area contributed by atoms with Crippen molar-refractivity contribution >= 4 is 27.3 Å². The number of hydrogen-bond acceptors (Lipinski definition) is 7. The van der Waals surface area contributed by atoms with E-state index in [-0.39, 0.29) is 26.5 Å². The van der Waals surface area contributed by atoms with Gasteiger partial charge in [-0.2, -0.15) is 0 Å². The first kappa shape index (κ1) is 34.7. The van der Waals surface area contributed by atoms with Crippen LogP contribution in [0.25, 0.3) is 0 Å². The van der Waals surface area contributed by atoms with Gasteiger partial charge in [0.05, 0.1) is 13.1 Å². The third-order valence-corrected chi connectivity index (χ3v) is 6.34. The van der Waals surface area contributed by atoms with Crippen molar-refractivity contribution in [3.05, 3.63) is 0 Å². The maximum Gasteiger partial charge on any atom is 0.339 e. The Bertz CT molecular complexity index is 545. The van der Waals surface area contributed by atoms with Crippen molar-refractivity contribution in [2.45, 2.75) is 34.6 Å². The Balaban J connectivity index is 0. The van der Waals surface area contributed by atoms with Gasteiger partial charge in [-0.15, -0.1) is 0 Å². The number of nitrogens with zero attached hydrogens (tertiary/aromatic N) is 4. The first-order valence-electron chi connectivity index (χ1n) is 11.7. The minimum absolute atomic E-state index is 0.0612. The number of ketones is 1. The Morgan fingerprint density at radius 3 is 1.45 bits per heavy atom. The zero-order chi connectivity index (χ0) is 26.0. The maximum absolute atomic E-state index is 11.6. The molecule has 1 heterocycles. The molecule has 1 rings (SSSR count). The fourth-order valence-corrected chi connectivity index (χ4v) is 5.23. The highest BCUT2D eigenvalue weighted by molar-refractivity contribution is 7.55. The minimum atomic E-state index is -4.23. The molecule has 0 spiro atoms. The Labute approximate surface area is 202 Å². The molecule has 10 nitrogen and oxygen atoms in total. The molecule has 0 radical (unpaired) electrons. The van der Waals surface area contributed by atoms with Gasteiger partial charge in [0.25, 0.3) is 0 Å². The number of Topliss-reactive ketones (excluding diaryl/α,β-unsaturated/α-hetero) is 1. The van der Waals surface area contributed by atoms with Crippen LogP contribution in [0, 0.1) is 0 Å². The second kappa shape index (κ2) is 19.8. The molecule has 1 aliphatic heterocycles. The molecule has 1 saturated heterocycles. The highest BCUT2D eigenvalue weighted by Gasteiger charge is 2.23. The topological polar surface area (TPSA) is 125 Å². The third-order valence-electron chi connectivity index (χ3n) is 4.60. The Morgan fingerprint density at radius 1 is 0.758 bits per heavy atom. The van der Waals surface area contributed by atoms with Crippen LogP contribution in [0.3, 0.4) is 0 Å². The van der Waals surface area contributed by atoms with Crippen molar-refractivity contribution < 1.29 is 29.0 Å². The summed E-state index contributed by atoms with van der Waals surface area (Å²) in [7, 11) is -4.38. The molecule has 3 N–H and O–H groups in total. The van der Waals surface area contributed by atoms with E-state index in [0.29, 0.717) is 45.8 Å². The molecule has 0 aromatic rings. The first-order valence-corrected chi connectivity index (χ1v) is 16.0. The molecule has 1 aliphatic rings. The molecule has 0 saturated carbocycles. The van der Waals surface area contributed by atoms with E-state index in [1.54, 1.807) is 11.8 Å². The lowest BCUT2D eigenvalue weighted by Gasteiger charge is -2.34. The van der Waals surface area contributed by atoms with E-state index in [2.05, 4.69) is 18.2 Å². The molecule has 33 heavy (non-hydrogen) atoms. The summed E-state index contributed by atoms with van der Waals surface area (Å²) in [5.41, 5.74) is 0. The van der Waals surface area contributed by atoms with Crippen LogP contribution < -0.4 is 0 Å². The van der Waals surface area contributed by atoms with Gasteiger partial charge in [-0.1, -0.05) is 35.6 Å². The highest BCUT2D eigenvalue weighted by Crippen LogP contribution is 2.34. The fraction of sp³-hybridized carbons (Fsp3) is 0.905. The number of rotatable bonds is 8. The summed E-state index contributed by atoms with van der Waals surface area (Å²) < 4.78 is 11.5. The largest absolute Gasteiger partial charge is 0.480 e. The van der Waals surface area contributed by atoms with E-state index in [9.17, 15) is 29.0 Å². The predicted octanol–water partition coefficient (Wildman–Crippen LogP) is 1.77. The summed E-state index contributed by atoms with van der Waals surface area (Å²) in [6.07, 6.45) is 0.582. The van der Waals surface area contributed by atoms with Crippen LogP contribution >= 0.6 is 15.5 Å². The number of carbonyl (C=O) groups excluding carboxylic acids is 1. The standard InChI is InChI=1S/C17H36N4O6P2.2C2H6/c1-16(22)12-18-4-8-20(14-28(2)3)9-5-19(13-17(23)24)7-11-21(10-6-18)15-29(25,26)27;2*1-2/h4-15H2,1-3H3,(H,23,24)(H2,25,26,27);2*1-2H3. The van der Waals surface area contributed by atoms with Gasteiger partial charge in [-0.25, -0.2) is 0 Å². The van der Waals surface area contributed by atoms with Gasteiger partial charge >= 0.3 is 13.6 Å². The Kier molecular flexibility index (Phi) is 20.9. The van der Waals surface area contributed by atoms with Crippen LogP contribution in [0.2, 0.25) is 0 Å². The monoisotopic (exact) mass is 514 g/mol. The lowest BCUT2D eigenvalue weighted by Crippen LogP contribution is -2.47. The van der Waals surface area contributed by atoms with E-state index in [1.165, 1.54) is 0 Å². The summed E-state index contributed by atoms with van der Waals surface area (Å²) in [4.78, 5) is 49.5. The van der Waals surface area contributed by atoms with E-state index < -0.39 is 13.6 Å². The molecule has 12 heteroatoms. The van der Waals surface area contributed by atoms with Crippen LogP contribution in [0.15, 0.2) is 0 Å². The normalized spacial score (nSPS) is 18.2. The van der Waals surface area contributed by atoms with Gasteiger partial charge in [0.1, 0.15) is 12.1 Å². The molecule has 0 bridgehead atoms. The summed E-state index contributed by atoms with van der Waals surface area (Å²) in [5.74, 6) is -0.850. The number of carboxylic acids is 1. The zero-order valence-electron chi connectivity index (χ0n) is 21.7. The molecule has 0 atom stereocenters. The number of hydrogen-bond donors (Lipinski definition) is 3. The SMILES string of the molecule is CC.CC.CC(=O)CN1CCN(CP(C)C)CCN(CC(=O)O)CCN(CP(=O)(O)O)CC1. The smallest absolute Gasteiger partial charge is 0.339 e. The van der Waals surface area contributed by atoms with E-state index >= 15 is 0 Å². The summed E-state index contributed by atoms with van der Waals surface area (Å²) in [6.45, 7) is 18.6. The van der Waals surface area contributed by atoms with Crippen molar-refractivity contribution in [1.82, 2.24) is 19.6 Å². The fourth-order valence-electron chi connectivity index (χ4n) is 3.34. The minimum Gasteiger partial charge on any atom is -0.480 e. The quantitative estimate of drug-likeness (QED) is 0.413. The molecule has 0 aliphatic carbocycles. The number of carboxylic acid groups (broad SMARTS) is 1. The van der Waals surface area contributed by atoms with Gasteiger partial charge in [-0.3, -0.25) is 33.8 Å². The molecule has 0 unspecified atom stereocenters. The molecule has 0 amide bonds. The van der Waals surface area contributed by atoms with Gasteiger partial charge in [0.15, 0.2) is 0 Å². The zero-order valence-corrected chi connectivity index (χ0v) is 23.5. The van der Waals surface area contributed by atoms with Crippen LogP contribution in [0.5, 0.6) is 0 Å². The number of carbonyl (C=O) groups is 2. The van der Waals surface area contributed by atoms with Gasteiger partial charge in [0, 0.05) is 58.6 Å². The van der Waals surface area contributed by atoms with Gasteiger partial charge in [0.2, 0.25) is 0 Å². The van der Waals surface area contributed by atoms with Crippen LogP contribution in [-0.4, -0.2) is 138 Å². The van der Waals surface area contributed by atoms with Crippen molar-refractivity contribution in [2.24, 2.45) is 0 Å². The van der Waals surface area contributed by atoms with Crippen molar-refractivity contribution in [1.29, 1.82) is 0 Å². The predicted molar refractivity (Wildman–Crippen MR) is 138 cm³/mol. The second-order valence-electron chi connectivity index (χ2n) is 7.91. The molecule has 1 fully saturated rings. The Morgan fingerprint density at radius 2 is 1.12 bits per heavy atom. The van der Waals surface area contributed by atoms with E-state index in [0.717, 1.165) is 19.4 Å². The van der Waals surface area contributed by atoms with Gasteiger partial charge < -0.3 is 14.9 Å². The van der Waals surface area contributed by atoms with E-state index in [1.807, 2.05) is 37.5 Å².